The molecule has 11 rings (SSSR count). The second-order valence-electron chi connectivity index (χ2n) is 11.1. The third-order valence-electron chi connectivity index (χ3n) is 8.65. The van der Waals surface area contributed by atoms with Crippen molar-refractivity contribution in [1.82, 2.24) is 0 Å². The van der Waals surface area contributed by atoms with Crippen LogP contribution in [0.25, 0.3) is 109 Å². The van der Waals surface area contributed by atoms with Crippen molar-refractivity contribution in [3.63, 3.8) is 0 Å². The Morgan fingerprint density at radius 1 is 0.356 bits per heavy atom. The quantitative estimate of drug-likeness (QED) is 0.184. The highest BCUT2D eigenvalue weighted by Crippen LogP contribution is 2.41. The second-order valence-corrected chi connectivity index (χ2v) is 11.1. The van der Waals surface area contributed by atoms with Crippen molar-refractivity contribution in [2.24, 2.45) is 0 Å². The molecule has 0 aliphatic carbocycles. The molecular formula is C44H24O. The smallest absolute Gasteiger partial charge is 0.135 e. The van der Waals surface area contributed by atoms with Gasteiger partial charge in [0.05, 0.1) is 23.3 Å². The van der Waals surface area contributed by atoms with Gasteiger partial charge in [0.2, 0.25) is 0 Å². The van der Waals surface area contributed by atoms with Crippen molar-refractivity contribution in [3.8, 4) is 22.3 Å². The molecule has 0 fully saturated rings. The molecule has 0 N–H and O–H groups in total. The molecule has 0 amide bonds. The number of benzene rings is 10. The Hall–Kier alpha value is -5.92. The van der Waals surface area contributed by atoms with Gasteiger partial charge in [-0.25, -0.2) is 0 Å². The molecule has 0 saturated heterocycles. The lowest BCUT2D eigenvalue weighted by molar-refractivity contribution is 0.669. The van der Waals surface area contributed by atoms with Gasteiger partial charge in [0.15, 0.2) is 0 Å². The molecule has 10 aromatic carbocycles. The summed E-state index contributed by atoms with van der Waals surface area (Å²) in [5.74, 6) is 0. The molecule has 45 heavy (non-hydrogen) atoms. The summed E-state index contributed by atoms with van der Waals surface area (Å²) in [7, 11) is 0. The Morgan fingerprint density at radius 2 is 0.756 bits per heavy atom. The van der Waals surface area contributed by atoms with E-state index in [0.29, 0.717) is 33.1 Å². The van der Waals surface area contributed by atoms with Gasteiger partial charge in [0.25, 0.3) is 0 Å². The maximum atomic E-state index is 9.43. The third-order valence-corrected chi connectivity index (χ3v) is 8.65. The van der Waals surface area contributed by atoms with E-state index in [1.807, 2.05) is 0 Å². The normalized spacial score (nSPS) is 17.7. The van der Waals surface area contributed by atoms with E-state index in [1.165, 1.54) is 0 Å². The van der Waals surface area contributed by atoms with Crippen LogP contribution in [0.5, 0.6) is 0 Å². The number of rotatable bonds is 2. The molecule has 0 spiro atoms. The van der Waals surface area contributed by atoms with Gasteiger partial charge < -0.3 is 4.42 Å². The standard InChI is InChI=1S/C44H24O/c1-3-25-7-11-31-19-35(20-32-12-8-26(4-1)41(25)43(31)32)29-15-17-39-37(23-29)38-24-30(16-18-40(38)45-39)36-21-33-13-9-27-5-2-6-28-10-14-34(22-36)44(33)42(27)28/h1-24H/i1D,2D,3D,4D,5D,6D,7D,8D,9D,10D,11D,12D,13D,14D,19D,20D,21D. The predicted molar refractivity (Wildman–Crippen MR) is 192 cm³/mol. The van der Waals surface area contributed by atoms with E-state index in [0.717, 1.165) is 0 Å². The van der Waals surface area contributed by atoms with Crippen LogP contribution in [0.1, 0.15) is 23.3 Å². The summed E-state index contributed by atoms with van der Waals surface area (Å²) in [5.41, 5.74) is 1.83. The van der Waals surface area contributed by atoms with Gasteiger partial charge in [0, 0.05) is 10.8 Å². The van der Waals surface area contributed by atoms with E-state index in [-0.39, 0.29) is 106 Å². The van der Waals surface area contributed by atoms with Crippen LogP contribution in [-0.2, 0) is 0 Å². The van der Waals surface area contributed by atoms with Crippen molar-refractivity contribution in [3.05, 3.63) is 145 Å². The zero-order valence-corrected chi connectivity index (χ0v) is 22.9. The molecule has 0 bridgehead atoms. The monoisotopic (exact) mass is 585 g/mol. The fourth-order valence-electron chi connectivity index (χ4n) is 6.60. The molecule has 1 heterocycles. The lowest BCUT2D eigenvalue weighted by Crippen LogP contribution is -1.86. The van der Waals surface area contributed by atoms with Crippen molar-refractivity contribution in [1.29, 1.82) is 0 Å². The van der Waals surface area contributed by atoms with E-state index in [2.05, 4.69) is 0 Å². The van der Waals surface area contributed by atoms with Crippen LogP contribution in [0.4, 0.5) is 0 Å². The molecule has 0 aliphatic rings. The summed E-state index contributed by atoms with van der Waals surface area (Å²) in [6.07, 6.45) is 0. The Morgan fingerprint density at radius 3 is 1.29 bits per heavy atom. The molecular weight excluding hydrogens is 544 g/mol. The maximum absolute atomic E-state index is 9.43. The molecule has 1 heteroatoms. The molecule has 1 nitrogen and oxygen atoms in total. The van der Waals surface area contributed by atoms with Crippen molar-refractivity contribution in [2.75, 3.05) is 0 Å². The summed E-state index contributed by atoms with van der Waals surface area (Å²) in [5, 5.41) is 0.910. The van der Waals surface area contributed by atoms with Crippen LogP contribution in [-0.4, -0.2) is 0 Å². The van der Waals surface area contributed by atoms with Gasteiger partial charge >= 0.3 is 0 Å². The highest BCUT2D eigenvalue weighted by molar-refractivity contribution is 6.25. The lowest BCUT2D eigenvalue weighted by Gasteiger charge is -2.13. The predicted octanol–water partition coefficient (Wildman–Crippen LogP) is 12.7. The first kappa shape index (κ1) is 13.0. The second kappa shape index (κ2) is 8.37. The van der Waals surface area contributed by atoms with Crippen LogP contribution in [0.15, 0.2) is 150 Å². The van der Waals surface area contributed by atoms with Gasteiger partial charge in [-0.1, -0.05) is 96.7 Å². The van der Waals surface area contributed by atoms with E-state index in [9.17, 15) is 4.11 Å². The summed E-state index contributed by atoms with van der Waals surface area (Å²) in [4.78, 5) is 0. The van der Waals surface area contributed by atoms with Gasteiger partial charge in [-0.05, 0) is 135 Å². The first-order valence-corrected chi connectivity index (χ1v) is 14.2. The Bertz CT molecular complexity index is 3830. The summed E-state index contributed by atoms with van der Waals surface area (Å²) in [6, 6.07) is 4.42. The molecule has 0 saturated carbocycles. The number of hydrogen-bond acceptors (Lipinski definition) is 1. The minimum absolute atomic E-state index is 0.00290. The van der Waals surface area contributed by atoms with Crippen LogP contribution < -0.4 is 0 Å². The topological polar surface area (TPSA) is 13.1 Å². The minimum atomic E-state index is -0.557. The van der Waals surface area contributed by atoms with Crippen molar-refractivity contribution >= 4 is 86.6 Å². The van der Waals surface area contributed by atoms with Crippen LogP contribution in [0, 0.1) is 0 Å². The van der Waals surface area contributed by atoms with Gasteiger partial charge in [-0.2, -0.15) is 0 Å². The van der Waals surface area contributed by atoms with Gasteiger partial charge in [-0.15, -0.1) is 0 Å². The average Bonchev–Trinajstić information content (AvgIpc) is 3.61. The maximum Gasteiger partial charge on any atom is 0.135 e. The molecule has 11 aromatic rings. The Kier molecular flexibility index (Phi) is 2.41. The minimum Gasteiger partial charge on any atom is -0.456 e. The molecule has 206 valence electrons. The van der Waals surface area contributed by atoms with E-state index >= 15 is 0 Å². The molecule has 0 aliphatic heterocycles. The van der Waals surface area contributed by atoms with Gasteiger partial charge in [-0.3, -0.25) is 0 Å². The fraction of sp³-hybridized carbons (Fsp3) is 0. The molecule has 0 atom stereocenters. The van der Waals surface area contributed by atoms with Crippen LogP contribution in [0.2, 0.25) is 0 Å². The zero-order chi connectivity index (χ0) is 44.0. The Labute approximate surface area is 282 Å². The van der Waals surface area contributed by atoms with Crippen molar-refractivity contribution in [2.45, 2.75) is 0 Å². The van der Waals surface area contributed by atoms with Gasteiger partial charge in [0.1, 0.15) is 11.2 Å². The molecule has 1 aromatic heterocycles. The zero-order valence-electron chi connectivity index (χ0n) is 39.9. The van der Waals surface area contributed by atoms with E-state index in [1.54, 1.807) is 42.5 Å². The average molecular weight is 586 g/mol. The van der Waals surface area contributed by atoms with Crippen molar-refractivity contribution < 1.29 is 27.7 Å². The van der Waals surface area contributed by atoms with Crippen LogP contribution >= 0.6 is 0 Å². The summed E-state index contributed by atoms with van der Waals surface area (Å²) in [6.45, 7) is 0. The van der Waals surface area contributed by atoms with E-state index < -0.39 is 72.5 Å². The molecule has 0 radical (unpaired) electrons. The van der Waals surface area contributed by atoms with Crippen LogP contribution in [0.3, 0.4) is 0 Å². The van der Waals surface area contributed by atoms with E-state index in [4.69, 9.17) is 23.6 Å². The lowest BCUT2D eigenvalue weighted by atomic mass is 9.90. The highest BCUT2D eigenvalue weighted by Gasteiger charge is 2.15. The summed E-state index contributed by atoms with van der Waals surface area (Å²) >= 11 is 0. The number of fused-ring (bicyclic) bond motifs is 3. The first-order valence-electron chi connectivity index (χ1n) is 22.7. The number of hydrogen-bond donors (Lipinski definition) is 0. The first-order chi connectivity index (χ1) is 29.4. The SMILES string of the molecule is [2H]c1c([2H])c2c([2H])c([2H])c3cc(-c4ccc5oc6ccc(-c7c([2H])c8c([2H])c([2H])c9c([2H])c([2H])c([2H])c%10c([2H])c([2H])c(c7[2H])c8c9%10)cc6c5c4)c([2H])c4c([2H])c([2H])c(c1[2H])c2c34. The summed E-state index contributed by atoms with van der Waals surface area (Å²) < 4.78 is 157. The number of furan rings is 1. The fourth-order valence-corrected chi connectivity index (χ4v) is 6.60. The largest absolute Gasteiger partial charge is 0.456 e. The molecule has 0 unspecified atom stereocenters. The Balaban J connectivity index is 1.18. The highest BCUT2D eigenvalue weighted by atomic mass is 16.3. The third kappa shape index (κ3) is 3.22.